The van der Waals surface area contributed by atoms with Crippen molar-refractivity contribution < 1.29 is 13.6 Å². The third-order valence-electron chi connectivity index (χ3n) is 8.06. The maximum Gasteiger partial charge on any atom is 0.193 e. The summed E-state index contributed by atoms with van der Waals surface area (Å²) in [6.45, 7) is 28.7. The fraction of sp³-hybridized carbons (Fsp3) is 0.870. The molecule has 1 aliphatic rings. The minimum absolute atomic E-state index is 0.0759. The molecule has 0 aliphatic heterocycles. The van der Waals surface area contributed by atoms with Crippen LogP contribution in [0.5, 0.6) is 0 Å². The molecule has 1 aliphatic carbocycles. The predicted molar refractivity (Wildman–Crippen MR) is 126 cm³/mol. The number of hydrogen-bond acceptors (Lipinski definition) is 3. The van der Waals surface area contributed by atoms with Gasteiger partial charge in [0.05, 0.1) is 11.7 Å². The van der Waals surface area contributed by atoms with Gasteiger partial charge in [-0.15, -0.1) is 6.58 Å². The fourth-order valence-corrected chi connectivity index (χ4v) is 9.07. The lowest BCUT2D eigenvalue weighted by molar-refractivity contribution is -0.118. The summed E-state index contributed by atoms with van der Waals surface area (Å²) in [6, 6.07) is 3.26. The van der Waals surface area contributed by atoms with Crippen LogP contribution in [0.25, 0.3) is 0 Å². The zero-order valence-electron chi connectivity index (χ0n) is 20.4. The van der Waals surface area contributed by atoms with Gasteiger partial charge in [0.15, 0.2) is 16.6 Å². The number of rotatable bonds is 11. The standard InChI is InChI=1S/C23H46O3Si2/c1-13-19-22(9,10)23(19,26-28(14-2,15-3)16-4)20(18(5)17-24)25-27(11,12)21(6,7)8/h13,17-20H,1,14-16H2,2-12H3/t18-,19+,20+,23+/m0/s1. The fourth-order valence-electron chi connectivity index (χ4n) is 4.54. The summed E-state index contributed by atoms with van der Waals surface area (Å²) in [5.74, 6) is -0.00990. The Morgan fingerprint density at radius 1 is 1.11 bits per heavy atom. The molecule has 1 fully saturated rings. The summed E-state index contributed by atoms with van der Waals surface area (Å²) < 4.78 is 14.2. The van der Waals surface area contributed by atoms with Gasteiger partial charge in [-0.2, -0.15) is 0 Å². The van der Waals surface area contributed by atoms with Crippen molar-refractivity contribution in [1.82, 2.24) is 0 Å². The van der Waals surface area contributed by atoms with Gasteiger partial charge >= 0.3 is 0 Å². The van der Waals surface area contributed by atoms with Crippen LogP contribution in [0.4, 0.5) is 0 Å². The topological polar surface area (TPSA) is 35.5 Å². The highest BCUT2D eigenvalue weighted by Gasteiger charge is 2.77. The van der Waals surface area contributed by atoms with Crippen LogP contribution in [-0.2, 0) is 13.6 Å². The quantitative estimate of drug-likeness (QED) is 0.207. The molecule has 0 heterocycles. The van der Waals surface area contributed by atoms with Crippen LogP contribution in [-0.4, -0.2) is 34.6 Å². The zero-order valence-corrected chi connectivity index (χ0v) is 22.4. The van der Waals surface area contributed by atoms with E-state index in [9.17, 15) is 4.79 Å². The van der Waals surface area contributed by atoms with Crippen LogP contribution < -0.4 is 0 Å². The van der Waals surface area contributed by atoms with Gasteiger partial charge in [0.25, 0.3) is 0 Å². The molecule has 28 heavy (non-hydrogen) atoms. The van der Waals surface area contributed by atoms with Crippen molar-refractivity contribution in [3.05, 3.63) is 12.7 Å². The second-order valence-electron chi connectivity index (χ2n) is 10.9. The van der Waals surface area contributed by atoms with E-state index in [-0.39, 0.29) is 28.4 Å². The molecule has 0 N–H and O–H groups in total. The Hall–Kier alpha value is -0.236. The molecule has 0 unspecified atom stereocenters. The van der Waals surface area contributed by atoms with E-state index < -0.39 is 22.2 Å². The smallest absolute Gasteiger partial charge is 0.193 e. The minimum Gasteiger partial charge on any atom is -0.410 e. The van der Waals surface area contributed by atoms with Gasteiger partial charge in [0.2, 0.25) is 0 Å². The molecule has 0 spiro atoms. The summed E-state index contributed by atoms with van der Waals surface area (Å²) in [6.07, 6.45) is 2.87. The molecular formula is C23H46O3Si2. The third-order valence-corrected chi connectivity index (χ3v) is 17.2. The zero-order chi connectivity index (χ0) is 22.2. The van der Waals surface area contributed by atoms with Gasteiger partial charge in [-0.05, 0) is 36.3 Å². The van der Waals surface area contributed by atoms with Gasteiger partial charge in [0.1, 0.15) is 6.29 Å². The van der Waals surface area contributed by atoms with Crippen molar-refractivity contribution in [2.24, 2.45) is 17.3 Å². The molecule has 0 amide bonds. The number of carbonyl (C=O) groups is 1. The number of carbonyl (C=O) groups excluding carboxylic acids is 1. The summed E-state index contributed by atoms with van der Waals surface area (Å²) >= 11 is 0. The number of aldehydes is 1. The summed E-state index contributed by atoms with van der Waals surface area (Å²) in [4.78, 5) is 12.0. The van der Waals surface area contributed by atoms with E-state index in [4.69, 9.17) is 8.85 Å². The van der Waals surface area contributed by atoms with Crippen molar-refractivity contribution >= 4 is 22.9 Å². The van der Waals surface area contributed by atoms with E-state index in [1.807, 2.05) is 13.0 Å². The summed E-state index contributed by atoms with van der Waals surface area (Å²) in [7, 11) is -3.99. The molecule has 4 atom stereocenters. The van der Waals surface area contributed by atoms with Crippen molar-refractivity contribution in [2.45, 2.75) is 110 Å². The average molecular weight is 427 g/mol. The molecule has 3 nitrogen and oxygen atoms in total. The Kier molecular flexibility index (Phi) is 7.82. The monoisotopic (exact) mass is 426 g/mol. The highest BCUT2D eigenvalue weighted by atomic mass is 28.4. The van der Waals surface area contributed by atoms with Crippen molar-refractivity contribution in [3.63, 3.8) is 0 Å². The van der Waals surface area contributed by atoms with E-state index in [2.05, 4.69) is 75.1 Å². The van der Waals surface area contributed by atoms with E-state index in [0.717, 1.165) is 24.4 Å². The number of hydrogen-bond donors (Lipinski definition) is 0. The molecular weight excluding hydrogens is 380 g/mol. The highest BCUT2D eigenvalue weighted by molar-refractivity contribution is 6.74. The molecule has 0 saturated heterocycles. The Morgan fingerprint density at radius 3 is 1.86 bits per heavy atom. The normalized spacial score (nSPS) is 27.2. The first-order chi connectivity index (χ1) is 12.7. The second kappa shape index (κ2) is 8.48. The van der Waals surface area contributed by atoms with E-state index in [0.29, 0.717) is 0 Å². The average Bonchev–Trinajstić information content (AvgIpc) is 3.09. The summed E-state index contributed by atoms with van der Waals surface area (Å²) in [5.41, 5.74) is -0.546. The lowest BCUT2D eigenvalue weighted by atomic mass is 9.93. The van der Waals surface area contributed by atoms with Crippen LogP contribution in [0.15, 0.2) is 12.7 Å². The largest absolute Gasteiger partial charge is 0.410 e. The highest BCUT2D eigenvalue weighted by Crippen LogP contribution is 2.69. The van der Waals surface area contributed by atoms with Crippen molar-refractivity contribution in [2.75, 3.05) is 0 Å². The predicted octanol–water partition coefficient (Wildman–Crippen LogP) is 6.81. The third kappa shape index (κ3) is 4.14. The first-order valence-electron chi connectivity index (χ1n) is 11.1. The lowest BCUT2D eigenvalue weighted by Crippen LogP contribution is -2.56. The molecule has 0 radical (unpaired) electrons. The second-order valence-corrected chi connectivity index (χ2v) is 20.3. The van der Waals surface area contributed by atoms with Crippen LogP contribution >= 0.6 is 0 Å². The van der Waals surface area contributed by atoms with Gasteiger partial charge in [-0.1, -0.05) is 68.4 Å². The van der Waals surface area contributed by atoms with Crippen LogP contribution in [0.2, 0.25) is 36.3 Å². The first-order valence-corrected chi connectivity index (χ1v) is 16.6. The minimum atomic E-state index is -2.09. The summed E-state index contributed by atoms with van der Waals surface area (Å²) in [5, 5.41) is 0.0759. The SMILES string of the molecule is C=C[C@@H]1C(C)(C)[C@]1(O[Si](CC)(CC)CC)[C@H](O[Si](C)(C)C(C)(C)C)[C@@H](C)C=O. The Balaban J connectivity index is 3.56. The maximum absolute atomic E-state index is 12.0. The van der Waals surface area contributed by atoms with Crippen molar-refractivity contribution in [3.8, 4) is 0 Å². The van der Waals surface area contributed by atoms with Crippen molar-refractivity contribution in [1.29, 1.82) is 0 Å². The molecule has 1 saturated carbocycles. The molecule has 1 rings (SSSR count). The Labute approximate surface area is 176 Å². The molecule has 0 aromatic carbocycles. The van der Waals surface area contributed by atoms with Gasteiger partial charge < -0.3 is 13.6 Å². The molecule has 164 valence electrons. The maximum atomic E-state index is 12.0. The molecule has 0 bridgehead atoms. The van der Waals surface area contributed by atoms with Crippen LogP contribution in [0.1, 0.15) is 62.3 Å². The Bertz CT molecular complexity index is 552. The van der Waals surface area contributed by atoms with Gasteiger partial charge in [0, 0.05) is 17.3 Å². The Morgan fingerprint density at radius 2 is 1.57 bits per heavy atom. The molecule has 0 aromatic rings. The van der Waals surface area contributed by atoms with E-state index in [1.165, 1.54) is 0 Å². The van der Waals surface area contributed by atoms with Crippen LogP contribution in [0.3, 0.4) is 0 Å². The molecule has 0 aromatic heterocycles. The lowest BCUT2D eigenvalue weighted by Gasteiger charge is -2.46. The van der Waals surface area contributed by atoms with E-state index in [1.54, 1.807) is 0 Å². The molecule has 5 heteroatoms. The van der Waals surface area contributed by atoms with Gasteiger partial charge in [-0.25, -0.2) is 0 Å². The first kappa shape index (κ1) is 25.8. The van der Waals surface area contributed by atoms with E-state index >= 15 is 0 Å². The van der Waals surface area contributed by atoms with Crippen LogP contribution in [0, 0.1) is 17.3 Å². The van der Waals surface area contributed by atoms with Gasteiger partial charge in [-0.3, -0.25) is 0 Å².